The van der Waals surface area contributed by atoms with Crippen molar-refractivity contribution in [3.05, 3.63) is 60.2 Å². The smallest absolute Gasteiger partial charge is 0.166 e. The van der Waals surface area contributed by atoms with E-state index in [4.69, 9.17) is 0 Å². The monoisotopic (exact) mass is 268 g/mol. The molecular weight excluding hydrogens is 252 g/mol. The zero-order chi connectivity index (χ0) is 13.1. The maximum absolute atomic E-state index is 12.3. The molecule has 3 rings (SSSR count). The summed E-state index contributed by atoms with van der Waals surface area (Å²) in [6.07, 6.45) is 1.03. The molecular formula is C17H16OS. The number of thioether (sulfide) groups is 1. The van der Waals surface area contributed by atoms with Crippen LogP contribution in [0, 0.1) is 5.92 Å². The molecule has 0 saturated carbocycles. The van der Waals surface area contributed by atoms with Crippen LogP contribution in [0.3, 0.4) is 0 Å². The van der Waals surface area contributed by atoms with Gasteiger partial charge >= 0.3 is 0 Å². The molecule has 1 nitrogen and oxygen atoms in total. The molecule has 1 atom stereocenters. The molecule has 0 spiro atoms. The summed E-state index contributed by atoms with van der Waals surface area (Å²) in [6.45, 7) is 0. The molecule has 0 N–H and O–H groups in total. The highest BCUT2D eigenvalue weighted by Gasteiger charge is 2.23. The second-order valence-corrected chi connectivity index (χ2v) is 6.02. The second-order valence-electron chi connectivity index (χ2n) is 4.87. The first-order valence-corrected chi connectivity index (χ1v) is 7.77. The lowest BCUT2D eigenvalue weighted by atomic mass is 9.95. The normalized spacial score (nSPS) is 18.4. The minimum atomic E-state index is 0.229. The number of carbonyl (C=O) groups excluding carboxylic acids is 1. The van der Waals surface area contributed by atoms with Gasteiger partial charge in [0, 0.05) is 17.2 Å². The molecule has 1 fully saturated rings. The summed E-state index contributed by atoms with van der Waals surface area (Å²) in [5, 5.41) is 0. The van der Waals surface area contributed by atoms with E-state index < -0.39 is 0 Å². The molecule has 1 unspecified atom stereocenters. The van der Waals surface area contributed by atoms with Crippen molar-refractivity contribution in [2.75, 3.05) is 11.5 Å². The molecule has 1 saturated heterocycles. The van der Waals surface area contributed by atoms with E-state index in [-0.39, 0.29) is 5.92 Å². The third kappa shape index (κ3) is 2.74. The van der Waals surface area contributed by atoms with Crippen LogP contribution in [0.5, 0.6) is 0 Å². The van der Waals surface area contributed by atoms with E-state index in [2.05, 4.69) is 12.1 Å². The Morgan fingerprint density at radius 3 is 2.26 bits per heavy atom. The van der Waals surface area contributed by atoms with Gasteiger partial charge in [0.1, 0.15) is 0 Å². The van der Waals surface area contributed by atoms with Crippen LogP contribution in [-0.4, -0.2) is 17.3 Å². The fourth-order valence-electron chi connectivity index (χ4n) is 2.43. The molecule has 0 aromatic heterocycles. The maximum Gasteiger partial charge on any atom is 0.166 e. The number of rotatable bonds is 3. The number of ketones is 1. The van der Waals surface area contributed by atoms with Gasteiger partial charge in [-0.2, -0.15) is 11.8 Å². The van der Waals surface area contributed by atoms with Crippen LogP contribution >= 0.6 is 11.8 Å². The van der Waals surface area contributed by atoms with Gasteiger partial charge in [-0.3, -0.25) is 4.79 Å². The Morgan fingerprint density at radius 2 is 1.63 bits per heavy atom. The quantitative estimate of drug-likeness (QED) is 0.772. The summed E-state index contributed by atoms with van der Waals surface area (Å²) in [7, 11) is 0. The molecule has 1 aliphatic rings. The van der Waals surface area contributed by atoms with Gasteiger partial charge in [-0.25, -0.2) is 0 Å². The molecule has 2 aromatic carbocycles. The molecule has 0 radical (unpaired) electrons. The molecule has 0 bridgehead atoms. The number of Topliss-reactive ketones (excluding diaryl/α,β-unsaturated/α-hetero) is 1. The number of benzene rings is 2. The number of carbonyl (C=O) groups is 1. The van der Waals surface area contributed by atoms with E-state index in [0.29, 0.717) is 5.78 Å². The van der Waals surface area contributed by atoms with Crippen molar-refractivity contribution in [2.24, 2.45) is 5.92 Å². The fourth-order valence-corrected chi connectivity index (χ4v) is 3.65. The summed E-state index contributed by atoms with van der Waals surface area (Å²) in [5.41, 5.74) is 3.21. The average molecular weight is 268 g/mol. The average Bonchev–Trinajstić information content (AvgIpc) is 3.02. The Labute approximate surface area is 118 Å². The van der Waals surface area contributed by atoms with Crippen molar-refractivity contribution >= 4 is 17.5 Å². The van der Waals surface area contributed by atoms with Crippen LogP contribution in [0.2, 0.25) is 0 Å². The molecule has 0 amide bonds. The Bertz CT molecular complexity index is 554. The van der Waals surface area contributed by atoms with E-state index in [1.165, 1.54) is 5.56 Å². The second kappa shape index (κ2) is 5.62. The van der Waals surface area contributed by atoms with Gasteiger partial charge in [0.2, 0.25) is 0 Å². The molecule has 19 heavy (non-hydrogen) atoms. The van der Waals surface area contributed by atoms with E-state index in [1.807, 2.05) is 54.2 Å². The SMILES string of the molecule is O=C(c1ccc(-c2ccccc2)cc1)C1CCSC1. The van der Waals surface area contributed by atoms with Crippen molar-refractivity contribution in [3.8, 4) is 11.1 Å². The summed E-state index contributed by atoms with van der Waals surface area (Å²) in [6, 6.07) is 18.3. The highest BCUT2D eigenvalue weighted by molar-refractivity contribution is 7.99. The fraction of sp³-hybridized carbons (Fsp3) is 0.235. The number of hydrogen-bond acceptors (Lipinski definition) is 2. The zero-order valence-electron chi connectivity index (χ0n) is 10.7. The minimum Gasteiger partial charge on any atom is -0.294 e. The molecule has 96 valence electrons. The molecule has 1 aliphatic heterocycles. The van der Waals surface area contributed by atoms with Crippen molar-refractivity contribution in [1.29, 1.82) is 0 Å². The van der Waals surface area contributed by atoms with Gasteiger partial charge in [0.05, 0.1) is 0 Å². The predicted molar refractivity (Wildman–Crippen MR) is 81.6 cm³/mol. The highest BCUT2D eigenvalue weighted by Crippen LogP contribution is 2.27. The molecule has 2 heteroatoms. The highest BCUT2D eigenvalue weighted by atomic mass is 32.2. The van der Waals surface area contributed by atoms with Crippen molar-refractivity contribution in [2.45, 2.75) is 6.42 Å². The van der Waals surface area contributed by atoms with Gasteiger partial charge < -0.3 is 0 Å². The first kappa shape index (κ1) is 12.5. The molecule has 0 aliphatic carbocycles. The number of hydrogen-bond donors (Lipinski definition) is 0. The van der Waals surface area contributed by atoms with Crippen LogP contribution in [0.1, 0.15) is 16.8 Å². The first-order valence-electron chi connectivity index (χ1n) is 6.62. The van der Waals surface area contributed by atoms with E-state index in [9.17, 15) is 4.79 Å². The summed E-state index contributed by atoms with van der Waals surface area (Å²) in [5.74, 6) is 2.65. The Kier molecular flexibility index (Phi) is 3.69. The third-order valence-corrected chi connectivity index (χ3v) is 4.74. The minimum absolute atomic E-state index is 0.229. The van der Waals surface area contributed by atoms with Gasteiger partial charge in [-0.1, -0.05) is 54.6 Å². The first-order chi connectivity index (χ1) is 9.34. The van der Waals surface area contributed by atoms with E-state index >= 15 is 0 Å². The van der Waals surface area contributed by atoms with Crippen LogP contribution < -0.4 is 0 Å². The Balaban J connectivity index is 1.81. The molecule has 2 aromatic rings. The Hall–Kier alpha value is -1.54. The van der Waals surface area contributed by atoms with Crippen LogP contribution in [0.4, 0.5) is 0 Å². The lowest BCUT2D eigenvalue weighted by Crippen LogP contribution is -2.13. The van der Waals surface area contributed by atoms with Crippen LogP contribution in [0.25, 0.3) is 11.1 Å². The van der Waals surface area contributed by atoms with Crippen molar-refractivity contribution in [1.82, 2.24) is 0 Å². The van der Waals surface area contributed by atoms with Gasteiger partial charge in [-0.05, 0) is 23.3 Å². The van der Waals surface area contributed by atoms with Crippen LogP contribution in [-0.2, 0) is 0 Å². The van der Waals surface area contributed by atoms with Crippen molar-refractivity contribution in [3.63, 3.8) is 0 Å². The molecule has 1 heterocycles. The summed E-state index contributed by atoms with van der Waals surface area (Å²) < 4.78 is 0. The Morgan fingerprint density at radius 1 is 0.947 bits per heavy atom. The van der Waals surface area contributed by atoms with Gasteiger partial charge in [0.25, 0.3) is 0 Å². The van der Waals surface area contributed by atoms with Crippen molar-refractivity contribution < 1.29 is 4.79 Å². The zero-order valence-corrected chi connectivity index (χ0v) is 11.5. The largest absolute Gasteiger partial charge is 0.294 e. The summed E-state index contributed by atoms with van der Waals surface area (Å²) >= 11 is 1.88. The van der Waals surface area contributed by atoms with Gasteiger partial charge in [-0.15, -0.1) is 0 Å². The summed E-state index contributed by atoms with van der Waals surface area (Å²) in [4.78, 5) is 12.3. The van der Waals surface area contributed by atoms with E-state index in [0.717, 1.165) is 29.1 Å². The van der Waals surface area contributed by atoms with Crippen LogP contribution in [0.15, 0.2) is 54.6 Å². The van der Waals surface area contributed by atoms with E-state index in [1.54, 1.807) is 0 Å². The lowest BCUT2D eigenvalue weighted by Gasteiger charge is -2.08. The predicted octanol–water partition coefficient (Wildman–Crippen LogP) is 4.29. The third-order valence-electron chi connectivity index (χ3n) is 3.58. The van der Waals surface area contributed by atoms with Gasteiger partial charge in [0.15, 0.2) is 5.78 Å². The lowest BCUT2D eigenvalue weighted by molar-refractivity contribution is 0.0934. The standard InChI is InChI=1S/C17H16OS/c18-17(16-10-11-19-12-16)15-8-6-14(7-9-15)13-4-2-1-3-5-13/h1-9,16H,10-12H2. The topological polar surface area (TPSA) is 17.1 Å². The maximum atomic E-state index is 12.3.